The largest absolute Gasteiger partial charge is 0.494 e. The number of benzene rings is 2. The van der Waals surface area contributed by atoms with Crippen molar-refractivity contribution in [2.75, 3.05) is 19.5 Å². The first-order valence-corrected chi connectivity index (χ1v) is 13.3. The van der Waals surface area contributed by atoms with E-state index in [9.17, 15) is 9.59 Å². The SMILES string of the molecule is COc1cccc(OC)c1NC(=O)C1OC(Oc2cc3c(cc2C)C=C[Si]3(C)C)=CC1=O. The Bertz CT molecular complexity index is 1150. The van der Waals surface area contributed by atoms with Crippen molar-refractivity contribution in [2.24, 2.45) is 0 Å². The lowest BCUT2D eigenvalue weighted by Gasteiger charge is -2.19. The lowest BCUT2D eigenvalue weighted by Crippen LogP contribution is -2.38. The van der Waals surface area contributed by atoms with Crippen LogP contribution in [0.3, 0.4) is 0 Å². The predicted octanol–water partition coefficient (Wildman–Crippen LogP) is 3.32. The zero-order valence-electron chi connectivity index (χ0n) is 18.6. The van der Waals surface area contributed by atoms with Crippen LogP contribution in [0, 0.1) is 6.92 Å². The van der Waals surface area contributed by atoms with Gasteiger partial charge in [0, 0.05) is 0 Å². The van der Waals surface area contributed by atoms with Crippen LogP contribution in [-0.4, -0.2) is 40.1 Å². The zero-order chi connectivity index (χ0) is 23.0. The first kappa shape index (κ1) is 21.7. The van der Waals surface area contributed by atoms with Crippen LogP contribution in [0.4, 0.5) is 5.69 Å². The number of methoxy groups -OCH3 is 2. The maximum Gasteiger partial charge on any atom is 0.289 e. The summed E-state index contributed by atoms with van der Waals surface area (Å²) in [6.07, 6.45) is 2.00. The van der Waals surface area contributed by atoms with Gasteiger partial charge in [0.15, 0.2) is 0 Å². The first-order valence-electron chi connectivity index (χ1n) is 10.2. The van der Waals surface area contributed by atoms with Crippen molar-refractivity contribution >= 4 is 36.7 Å². The summed E-state index contributed by atoms with van der Waals surface area (Å²) in [6, 6.07) is 9.17. The molecule has 0 fully saturated rings. The Hall–Kier alpha value is -3.52. The summed E-state index contributed by atoms with van der Waals surface area (Å²) in [4.78, 5) is 25.3. The molecule has 8 heteroatoms. The van der Waals surface area contributed by atoms with Gasteiger partial charge in [-0.1, -0.05) is 30.9 Å². The molecule has 2 aromatic rings. The Balaban J connectivity index is 1.50. The number of carbonyl (C=O) groups is 2. The summed E-state index contributed by atoms with van der Waals surface area (Å²) in [5.74, 6) is 0.274. The molecule has 0 aromatic heterocycles. The molecule has 7 nitrogen and oxygen atoms in total. The molecular weight excluding hydrogens is 426 g/mol. The molecule has 0 saturated carbocycles. The molecule has 2 aliphatic heterocycles. The minimum atomic E-state index is -1.65. The summed E-state index contributed by atoms with van der Waals surface area (Å²) < 4.78 is 22.0. The minimum absolute atomic E-state index is 0.00406. The Morgan fingerprint density at radius 1 is 1.09 bits per heavy atom. The van der Waals surface area contributed by atoms with Crippen molar-refractivity contribution in [1.29, 1.82) is 0 Å². The highest BCUT2D eigenvalue weighted by Gasteiger charge is 2.36. The molecule has 0 radical (unpaired) electrons. The maximum atomic E-state index is 12.8. The molecule has 1 unspecified atom stereocenters. The van der Waals surface area contributed by atoms with Crippen molar-refractivity contribution in [3.8, 4) is 17.2 Å². The number of ketones is 1. The van der Waals surface area contributed by atoms with Crippen molar-refractivity contribution in [3.05, 3.63) is 59.2 Å². The number of ether oxygens (including phenoxy) is 4. The number of carbonyl (C=O) groups excluding carboxylic acids is 2. The highest BCUT2D eigenvalue weighted by molar-refractivity contribution is 6.96. The number of nitrogens with one attached hydrogen (secondary N) is 1. The molecule has 0 bridgehead atoms. The Morgan fingerprint density at radius 2 is 1.78 bits per heavy atom. The number of hydrogen-bond acceptors (Lipinski definition) is 6. The molecule has 32 heavy (non-hydrogen) atoms. The van der Waals surface area contributed by atoms with Crippen molar-refractivity contribution < 1.29 is 28.5 Å². The second-order valence-electron chi connectivity index (χ2n) is 8.25. The van der Waals surface area contributed by atoms with Crippen LogP contribution < -0.4 is 24.7 Å². The number of aryl methyl sites for hydroxylation is 1. The molecule has 1 amide bonds. The van der Waals surface area contributed by atoms with Crippen molar-refractivity contribution in [2.45, 2.75) is 26.1 Å². The standard InChI is InChI=1S/C24H25NO6Si/c1-14-11-15-9-10-32(4,5)20(15)13-19(14)30-21-12-16(26)23(31-21)24(27)25-22-17(28-2)7-6-8-18(22)29-3/h6-13,23H,1-5H3,(H,25,27). The fraction of sp³-hybridized carbons (Fsp3) is 0.250. The third-order valence-electron chi connectivity index (χ3n) is 5.60. The summed E-state index contributed by atoms with van der Waals surface area (Å²) in [5, 5.41) is 3.93. The van der Waals surface area contributed by atoms with Gasteiger partial charge >= 0.3 is 0 Å². The predicted molar refractivity (Wildman–Crippen MR) is 124 cm³/mol. The lowest BCUT2D eigenvalue weighted by atomic mass is 10.1. The zero-order valence-corrected chi connectivity index (χ0v) is 19.6. The Kier molecular flexibility index (Phi) is 5.56. The molecule has 2 aliphatic rings. The molecule has 2 heterocycles. The van der Waals surface area contributed by atoms with E-state index in [0.29, 0.717) is 22.9 Å². The van der Waals surface area contributed by atoms with Crippen LogP contribution >= 0.6 is 0 Å². The number of para-hydroxylation sites is 1. The number of rotatable bonds is 6. The molecule has 2 aromatic carbocycles. The highest BCUT2D eigenvalue weighted by Crippen LogP contribution is 2.35. The second kappa shape index (κ2) is 8.20. The number of fused-ring (bicyclic) bond motifs is 1. The molecule has 1 atom stereocenters. The summed E-state index contributed by atoms with van der Waals surface area (Å²) in [6.45, 7) is 6.46. The van der Waals surface area contributed by atoms with Gasteiger partial charge in [0.25, 0.3) is 11.9 Å². The van der Waals surface area contributed by atoms with Gasteiger partial charge < -0.3 is 24.3 Å². The molecule has 0 aliphatic carbocycles. The van der Waals surface area contributed by atoms with Gasteiger partial charge in [0.1, 0.15) is 31.0 Å². The van der Waals surface area contributed by atoms with E-state index in [4.69, 9.17) is 18.9 Å². The second-order valence-corrected chi connectivity index (χ2v) is 12.6. The highest BCUT2D eigenvalue weighted by atomic mass is 28.3. The number of hydrogen-bond donors (Lipinski definition) is 1. The first-order chi connectivity index (χ1) is 15.2. The van der Waals surface area contributed by atoms with E-state index in [1.807, 2.05) is 13.0 Å². The van der Waals surface area contributed by atoms with Gasteiger partial charge in [-0.2, -0.15) is 0 Å². The summed E-state index contributed by atoms with van der Waals surface area (Å²) in [5.41, 5.74) is 4.72. The molecular formula is C24H25NO6Si. The summed E-state index contributed by atoms with van der Waals surface area (Å²) >= 11 is 0. The van der Waals surface area contributed by atoms with Crippen molar-refractivity contribution in [3.63, 3.8) is 0 Å². The van der Waals surface area contributed by atoms with E-state index in [0.717, 1.165) is 5.56 Å². The molecule has 166 valence electrons. The van der Waals surface area contributed by atoms with Gasteiger partial charge in [0.2, 0.25) is 11.9 Å². The van der Waals surface area contributed by atoms with Gasteiger partial charge in [-0.15, -0.1) is 0 Å². The fourth-order valence-corrected chi connectivity index (χ4v) is 5.99. The Labute approximate surface area is 187 Å². The molecule has 1 N–H and O–H groups in total. The smallest absolute Gasteiger partial charge is 0.289 e. The van der Waals surface area contributed by atoms with E-state index in [-0.39, 0.29) is 5.95 Å². The quantitative estimate of drug-likeness (QED) is 0.536. The van der Waals surface area contributed by atoms with Crippen LogP contribution in [-0.2, 0) is 14.3 Å². The molecule has 0 spiro atoms. The van der Waals surface area contributed by atoms with Gasteiger partial charge in [-0.25, -0.2) is 0 Å². The van der Waals surface area contributed by atoms with E-state index in [1.165, 1.54) is 31.0 Å². The molecule has 0 saturated heterocycles. The van der Waals surface area contributed by atoms with Gasteiger partial charge in [0.05, 0.1) is 20.3 Å². The van der Waals surface area contributed by atoms with Gasteiger partial charge in [-0.05, 0) is 47.5 Å². The summed E-state index contributed by atoms with van der Waals surface area (Å²) in [7, 11) is 1.31. The normalized spacial score (nSPS) is 18.0. The van der Waals surface area contributed by atoms with E-state index >= 15 is 0 Å². The topological polar surface area (TPSA) is 83.1 Å². The van der Waals surface area contributed by atoms with Crippen LogP contribution in [0.15, 0.2) is 48.1 Å². The fourth-order valence-electron chi connectivity index (χ4n) is 3.81. The number of amides is 1. The molecule has 4 rings (SSSR count). The van der Waals surface area contributed by atoms with E-state index < -0.39 is 25.9 Å². The van der Waals surface area contributed by atoms with Crippen LogP contribution in [0.2, 0.25) is 13.1 Å². The van der Waals surface area contributed by atoms with Gasteiger partial charge in [-0.3, -0.25) is 9.59 Å². The lowest BCUT2D eigenvalue weighted by molar-refractivity contribution is -0.134. The van der Waals surface area contributed by atoms with E-state index in [1.54, 1.807) is 18.2 Å². The third kappa shape index (κ3) is 3.89. The average Bonchev–Trinajstić information content (AvgIpc) is 3.27. The van der Waals surface area contributed by atoms with Crippen LogP contribution in [0.1, 0.15) is 11.1 Å². The van der Waals surface area contributed by atoms with E-state index in [2.05, 4.69) is 36.3 Å². The monoisotopic (exact) mass is 451 g/mol. The third-order valence-corrected chi connectivity index (χ3v) is 8.42. The average molecular weight is 452 g/mol. The number of anilines is 1. The Morgan fingerprint density at radius 3 is 2.44 bits per heavy atom. The van der Waals surface area contributed by atoms with Crippen molar-refractivity contribution in [1.82, 2.24) is 0 Å². The van der Waals surface area contributed by atoms with Crippen LogP contribution in [0.25, 0.3) is 6.08 Å². The maximum absolute atomic E-state index is 12.8. The minimum Gasteiger partial charge on any atom is -0.494 e. The van der Waals surface area contributed by atoms with Crippen LogP contribution in [0.5, 0.6) is 17.2 Å².